The quantitative estimate of drug-likeness (QED) is 0.780. The van der Waals surface area contributed by atoms with E-state index in [0.29, 0.717) is 24.1 Å². The second-order valence-electron chi connectivity index (χ2n) is 6.47. The Morgan fingerprint density at radius 1 is 1.35 bits per heavy atom. The summed E-state index contributed by atoms with van der Waals surface area (Å²) in [6.07, 6.45) is 4.73. The first-order valence-electron chi connectivity index (χ1n) is 8.56. The summed E-state index contributed by atoms with van der Waals surface area (Å²) in [6.45, 7) is 1.15. The van der Waals surface area contributed by atoms with Gasteiger partial charge in [0.2, 0.25) is 0 Å². The molecule has 134 valence electrons. The molecule has 0 aliphatic carbocycles. The molecule has 0 spiro atoms. The van der Waals surface area contributed by atoms with Crippen molar-refractivity contribution in [3.63, 3.8) is 0 Å². The van der Waals surface area contributed by atoms with Crippen LogP contribution in [0.5, 0.6) is 0 Å². The number of aromatic nitrogens is 4. The van der Waals surface area contributed by atoms with Gasteiger partial charge < -0.3 is 14.8 Å². The molecule has 0 radical (unpaired) electrons. The Kier molecular flexibility index (Phi) is 4.24. The van der Waals surface area contributed by atoms with E-state index in [2.05, 4.69) is 25.1 Å². The Morgan fingerprint density at radius 2 is 2.15 bits per heavy atom. The van der Waals surface area contributed by atoms with Crippen molar-refractivity contribution in [2.24, 2.45) is 0 Å². The summed E-state index contributed by atoms with van der Waals surface area (Å²) >= 11 is 0. The minimum absolute atomic E-state index is 0.0744. The monoisotopic (exact) mass is 354 g/mol. The number of H-pyrrole nitrogens is 1. The average molecular weight is 354 g/mol. The van der Waals surface area contributed by atoms with Crippen LogP contribution in [0.3, 0.4) is 0 Å². The molecule has 1 N–H and O–H groups in total. The normalized spacial score (nSPS) is 15.4. The molecule has 0 bridgehead atoms. The fraction of sp³-hybridized carbons (Fsp3) is 0.333. The third-order valence-electron chi connectivity index (χ3n) is 4.96. The van der Waals surface area contributed by atoms with E-state index >= 15 is 0 Å². The van der Waals surface area contributed by atoms with Crippen LogP contribution in [-0.4, -0.2) is 57.2 Å². The summed E-state index contributed by atoms with van der Waals surface area (Å²) < 4.78 is 14.3. The van der Waals surface area contributed by atoms with Crippen molar-refractivity contribution in [1.82, 2.24) is 25.1 Å². The molecule has 1 aliphatic heterocycles. The summed E-state index contributed by atoms with van der Waals surface area (Å²) in [5.74, 6) is 0.00543. The highest BCUT2D eigenvalue weighted by Crippen LogP contribution is 2.23. The number of piperidine rings is 1. The van der Waals surface area contributed by atoms with Crippen molar-refractivity contribution >= 4 is 22.8 Å². The third-order valence-corrected chi connectivity index (χ3v) is 4.96. The number of benzene rings is 1. The van der Waals surface area contributed by atoms with Crippen molar-refractivity contribution in [1.29, 1.82) is 0 Å². The van der Waals surface area contributed by atoms with E-state index < -0.39 is 5.82 Å². The predicted molar refractivity (Wildman–Crippen MR) is 95.4 cm³/mol. The van der Waals surface area contributed by atoms with Gasteiger partial charge in [-0.05, 0) is 31.0 Å². The minimum atomic E-state index is -0.523. The molecule has 26 heavy (non-hydrogen) atoms. The summed E-state index contributed by atoms with van der Waals surface area (Å²) in [5, 5.41) is 8.03. The van der Waals surface area contributed by atoms with Crippen molar-refractivity contribution in [2.45, 2.75) is 18.9 Å². The smallest absolute Gasteiger partial charge is 0.256 e. The zero-order chi connectivity index (χ0) is 18.1. The molecule has 7 nitrogen and oxygen atoms in total. The van der Waals surface area contributed by atoms with Gasteiger partial charge in [0, 0.05) is 38.4 Å². The molecule has 1 saturated heterocycles. The Labute approximate surface area is 149 Å². The fourth-order valence-electron chi connectivity index (χ4n) is 3.41. The Balaban J connectivity index is 1.45. The molecule has 0 unspecified atom stereocenters. The molecule has 4 rings (SSSR count). The van der Waals surface area contributed by atoms with Crippen LogP contribution in [0, 0.1) is 5.82 Å². The molecule has 3 aromatic rings. The summed E-state index contributed by atoms with van der Waals surface area (Å²) in [6, 6.07) is 6.88. The summed E-state index contributed by atoms with van der Waals surface area (Å²) in [7, 11) is 1.98. The molecular weight excluding hydrogens is 335 g/mol. The zero-order valence-corrected chi connectivity index (χ0v) is 14.4. The average Bonchev–Trinajstić information content (AvgIpc) is 3.14. The number of halogens is 1. The van der Waals surface area contributed by atoms with E-state index in [0.717, 1.165) is 18.7 Å². The maximum Gasteiger partial charge on any atom is 0.256 e. The largest absolute Gasteiger partial charge is 0.355 e. The molecular formula is C18H19FN6O. The van der Waals surface area contributed by atoms with Gasteiger partial charge in [-0.25, -0.2) is 9.37 Å². The van der Waals surface area contributed by atoms with Gasteiger partial charge in [0.1, 0.15) is 5.82 Å². The number of aromatic amines is 1. The van der Waals surface area contributed by atoms with Crippen molar-refractivity contribution in [2.75, 3.05) is 25.0 Å². The van der Waals surface area contributed by atoms with E-state index in [4.69, 9.17) is 0 Å². The van der Waals surface area contributed by atoms with Crippen LogP contribution < -0.4 is 4.90 Å². The van der Waals surface area contributed by atoms with E-state index in [-0.39, 0.29) is 17.5 Å². The Bertz CT molecular complexity index is 920. The number of amides is 1. The molecule has 3 heterocycles. The molecule has 1 amide bonds. The lowest BCUT2D eigenvalue weighted by molar-refractivity contribution is 0.0708. The maximum absolute atomic E-state index is 14.3. The van der Waals surface area contributed by atoms with Gasteiger partial charge >= 0.3 is 0 Å². The van der Waals surface area contributed by atoms with Crippen LogP contribution in [0.1, 0.15) is 23.2 Å². The SMILES string of the molecule is CN(c1cccnn1)C1CCN(C(=O)c2cc3nc[nH]c3cc2F)CC1. The number of hydrogen-bond donors (Lipinski definition) is 1. The lowest BCUT2D eigenvalue weighted by atomic mass is 10.0. The molecule has 2 aromatic heterocycles. The molecule has 0 atom stereocenters. The molecule has 8 heteroatoms. The Hall–Kier alpha value is -3.03. The second kappa shape index (κ2) is 6.70. The zero-order valence-electron chi connectivity index (χ0n) is 14.4. The van der Waals surface area contributed by atoms with E-state index in [1.165, 1.54) is 18.5 Å². The van der Waals surface area contributed by atoms with Gasteiger partial charge in [-0.3, -0.25) is 4.79 Å². The van der Waals surface area contributed by atoms with Gasteiger partial charge in [-0.2, -0.15) is 5.10 Å². The predicted octanol–water partition coefficient (Wildman–Crippen LogP) is 2.23. The van der Waals surface area contributed by atoms with Crippen molar-refractivity contribution < 1.29 is 9.18 Å². The highest BCUT2D eigenvalue weighted by Gasteiger charge is 2.28. The third kappa shape index (κ3) is 2.98. The minimum Gasteiger partial charge on any atom is -0.355 e. The highest BCUT2D eigenvalue weighted by atomic mass is 19.1. The number of carbonyl (C=O) groups excluding carboxylic acids is 1. The molecule has 0 saturated carbocycles. The van der Waals surface area contributed by atoms with Crippen LogP contribution in [0.25, 0.3) is 11.0 Å². The molecule has 1 fully saturated rings. The Morgan fingerprint density at radius 3 is 2.88 bits per heavy atom. The first-order valence-corrected chi connectivity index (χ1v) is 8.56. The number of rotatable bonds is 3. The number of likely N-dealkylation sites (tertiary alicyclic amines) is 1. The number of anilines is 1. The van der Waals surface area contributed by atoms with Crippen LogP contribution in [0.4, 0.5) is 10.2 Å². The van der Waals surface area contributed by atoms with Crippen LogP contribution in [0.2, 0.25) is 0 Å². The lowest BCUT2D eigenvalue weighted by Crippen LogP contribution is -2.46. The van der Waals surface area contributed by atoms with Crippen LogP contribution in [0.15, 0.2) is 36.8 Å². The topological polar surface area (TPSA) is 78.0 Å². The number of nitrogens with one attached hydrogen (secondary N) is 1. The van der Waals surface area contributed by atoms with E-state index in [9.17, 15) is 9.18 Å². The molecule has 1 aromatic carbocycles. The van der Waals surface area contributed by atoms with Crippen LogP contribution >= 0.6 is 0 Å². The number of hydrogen-bond acceptors (Lipinski definition) is 5. The first-order chi connectivity index (χ1) is 12.6. The number of fused-ring (bicyclic) bond motifs is 1. The van der Waals surface area contributed by atoms with E-state index in [1.54, 1.807) is 11.1 Å². The van der Waals surface area contributed by atoms with Gasteiger partial charge in [0.05, 0.1) is 22.9 Å². The second-order valence-corrected chi connectivity index (χ2v) is 6.47. The van der Waals surface area contributed by atoms with Gasteiger partial charge in [-0.1, -0.05) is 0 Å². The maximum atomic E-state index is 14.3. The summed E-state index contributed by atoms with van der Waals surface area (Å²) in [4.78, 5) is 23.5. The molecule has 1 aliphatic rings. The van der Waals surface area contributed by atoms with Crippen molar-refractivity contribution in [3.05, 3.63) is 48.2 Å². The van der Waals surface area contributed by atoms with E-state index in [1.807, 2.05) is 19.2 Å². The van der Waals surface area contributed by atoms with Crippen molar-refractivity contribution in [3.8, 4) is 0 Å². The van der Waals surface area contributed by atoms with Gasteiger partial charge in [0.25, 0.3) is 5.91 Å². The number of carbonyl (C=O) groups is 1. The number of imidazole rings is 1. The standard InChI is InChI=1S/C18H19FN6O/c1-24(17-3-2-6-22-23-17)12-4-7-25(8-5-12)18(26)13-9-15-16(10-14(13)19)21-11-20-15/h2-3,6,9-12H,4-5,7-8H2,1H3,(H,20,21). The fourth-order valence-corrected chi connectivity index (χ4v) is 3.41. The summed E-state index contributed by atoms with van der Waals surface area (Å²) in [5.41, 5.74) is 1.25. The first kappa shape index (κ1) is 16.4. The highest BCUT2D eigenvalue weighted by molar-refractivity contribution is 5.97. The van der Waals surface area contributed by atoms with Crippen LogP contribution in [-0.2, 0) is 0 Å². The van der Waals surface area contributed by atoms with Gasteiger partial charge in [-0.15, -0.1) is 5.10 Å². The number of nitrogens with zero attached hydrogens (tertiary/aromatic N) is 5. The van der Waals surface area contributed by atoms with Gasteiger partial charge in [0.15, 0.2) is 5.82 Å². The lowest BCUT2D eigenvalue weighted by Gasteiger charge is -2.37.